The fraction of sp³-hybridized carbons (Fsp3) is 0.409. The molecule has 6 nitrogen and oxygen atoms in total. The zero-order valence-electron chi connectivity index (χ0n) is 16.8. The first-order chi connectivity index (χ1) is 14.5. The van der Waals surface area contributed by atoms with Crippen molar-refractivity contribution in [2.24, 2.45) is 16.6 Å². The molecule has 2 aromatic rings. The van der Waals surface area contributed by atoms with E-state index in [1.54, 1.807) is 11.9 Å². The Morgan fingerprint density at radius 1 is 1.27 bits per heavy atom. The van der Waals surface area contributed by atoms with Crippen molar-refractivity contribution in [3.63, 3.8) is 0 Å². The first-order valence-electron chi connectivity index (χ1n) is 10.3. The topological polar surface area (TPSA) is 85.9 Å². The van der Waals surface area contributed by atoms with E-state index in [0.717, 1.165) is 23.2 Å². The molecular formula is C22H26FN5OS. The van der Waals surface area contributed by atoms with E-state index in [4.69, 9.17) is 10.7 Å². The number of nitrogens with one attached hydrogen (secondary N) is 2. The maximum Gasteiger partial charge on any atom is 0.288 e. The molecule has 0 spiro atoms. The summed E-state index contributed by atoms with van der Waals surface area (Å²) >= 11 is 1.61. The molecular weight excluding hydrogens is 401 g/mol. The number of fused-ring (bicyclic) bond motifs is 2. The van der Waals surface area contributed by atoms with Crippen molar-refractivity contribution in [2.45, 2.75) is 36.1 Å². The Morgan fingerprint density at radius 2 is 2.10 bits per heavy atom. The van der Waals surface area contributed by atoms with Crippen LogP contribution in [0.1, 0.15) is 16.7 Å². The molecule has 0 aromatic heterocycles. The maximum absolute atomic E-state index is 14.6. The van der Waals surface area contributed by atoms with Crippen molar-refractivity contribution < 1.29 is 9.50 Å². The summed E-state index contributed by atoms with van der Waals surface area (Å²) in [5, 5.41) is 13.6. The SMILES string of the molecule is Cc1ccc2c(c1)C(C1CNSc3ccccc3C1)(N1C[C@H](N)[C@@H](F)C1)N=C(O)N2. The smallest absolute Gasteiger partial charge is 0.288 e. The number of amidine groups is 1. The van der Waals surface area contributed by atoms with E-state index in [-0.39, 0.29) is 18.5 Å². The first kappa shape index (κ1) is 19.8. The molecule has 5 N–H and O–H groups in total. The van der Waals surface area contributed by atoms with Crippen molar-refractivity contribution in [1.29, 1.82) is 0 Å². The summed E-state index contributed by atoms with van der Waals surface area (Å²) in [7, 11) is 0. The van der Waals surface area contributed by atoms with Gasteiger partial charge in [-0.05, 0) is 43.0 Å². The monoisotopic (exact) mass is 427 g/mol. The fourth-order valence-corrected chi connectivity index (χ4v) is 5.80. The van der Waals surface area contributed by atoms with Gasteiger partial charge in [-0.3, -0.25) is 9.62 Å². The number of halogens is 1. The standard InChI is InChI=1S/C22H26FN5OS/c1-13-6-7-19-16(8-13)22(27-21(29)26-19,28-11-17(23)18(24)12-28)15-9-14-4-2-3-5-20(14)30-25-10-15/h2-8,15,17-18,25H,9-12,24H2,1H3,(H2,26,27,29)/t15?,17-,18-,22?/m0/s1. The average Bonchev–Trinajstić information content (AvgIpc) is 2.94. The lowest BCUT2D eigenvalue weighted by molar-refractivity contribution is 0.0493. The van der Waals surface area contributed by atoms with Gasteiger partial charge in [-0.15, -0.1) is 0 Å². The number of rotatable bonds is 2. The summed E-state index contributed by atoms with van der Waals surface area (Å²) in [6.45, 7) is 3.27. The molecule has 3 aliphatic rings. The zero-order valence-corrected chi connectivity index (χ0v) is 17.6. The van der Waals surface area contributed by atoms with Crippen LogP contribution >= 0.6 is 11.9 Å². The van der Waals surface area contributed by atoms with Gasteiger partial charge in [0.05, 0.1) is 0 Å². The van der Waals surface area contributed by atoms with Crippen LogP contribution in [0, 0.1) is 12.8 Å². The molecule has 30 heavy (non-hydrogen) atoms. The van der Waals surface area contributed by atoms with Crippen molar-refractivity contribution in [3.05, 3.63) is 59.2 Å². The maximum atomic E-state index is 14.6. The third-order valence-corrected chi connectivity index (χ3v) is 7.32. The van der Waals surface area contributed by atoms with E-state index in [2.05, 4.69) is 28.2 Å². The van der Waals surface area contributed by atoms with Crippen LogP contribution in [0.2, 0.25) is 0 Å². The number of likely N-dealkylation sites (tertiary alicyclic amines) is 1. The number of hydrogen-bond acceptors (Lipinski definition) is 6. The molecule has 1 saturated heterocycles. The number of anilines is 1. The van der Waals surface area contributed by atoms with Crippen molar-refractivity contribution in [1.82, 2.24) is 9.62 Å². The Balaban J connectivity index is 1.69. The molecule has 5 rings (SSSR count). The second-order valence-corrected chi connectivity index (χ2v) is 9.31. The van der Waals surface area contributed by atoms with Gasteiger partial charge in [-0.2, -0.15) is 0 Å². The molecule has 0 radical (unpaired) electrons. The minimum absolute atomic E-state index is 0.0315. The van der Waals surface area contributed by atoms with E-state index in [1.165, 1.54) is 10.5 Å². The Labute approximate surface area is 179 Å². The summed E-state index contributed by atoms with van der Waals surface area (Å²) in [6.07, 6.45) is -0.369. The minimum Gasteiger partial charge on any atom is -0.481 e. The van der Waals surface area contributed by atoms with Crippen molar-refractivity contribution in [3.8, 4) is 0 Å². The number of benzene rings is 2. The molecule has 2 aromatic carbocycles. The second kappa shape index (κ2) is 7.53. The number of aliphatic hydroxyl groups excluding tert-OH is 1. The van der Waals surface area contributed by atoms with Gasteiger partial charge >= 0.3 is 0 Å². The van der Waals surface area contributed by atoms with Gasteiger partial charge in [0.25, 0.3) is 6.02 Å². The van der Waals surface area contributed by atoms with Gasteiger partial charge < -0.3 is 16.2 Å². The number of nitrogens with two attached hydrogens (primary N) is 1. The fourth-order valence-electron chi connectivity index (χ4n) is 4.93. The Morgan fingerprint density at radius 3 is 2.90 bits per heavy atom. The van der Waals surface area contributed by atoms with Gasteiger partial charge in [0.15, 0.2) is 5.66 Å². The average molecular weight is 428 g/mol. The van der Waals surface area contributed by atoms with E-state index < -0.39 is 17.9 Å². The van der Waals surface area contributed by atoms with Gasteiger partial charge in [0.2, 0.25) is 0 Å². The molecule has 2 unspecified atom stereocenters. The first-order valence-corrected chi connectivity index (χ1v) is 11.1. The largest absolute Gasteiger partial charge is 0.481 e. The minimum atomic E-state index is -1.12. The van der Waals surface area contributed by atoms with Crippen LogP contribution in [-0.4, -0.2) is 47.9 Å². The number of hydrogen-bond donors (Lipinski definition) is 4. The lowest BCUT2D eigenvalue weighted by Crippen LogP contribution is -2.55. The Hall–Kier alpha value is -2.13. The van der Waals surface area contributed by atoms with E-state index >= 15 is 0 Å². The number of aryl methyl sites for hydroxylation is 1. The molecule has 158 valence electrons. The lowest BCUT2D eigenvalue weighted by atomic mass is 9.79. The van der Waals surface area contributed by atoms with Crippen LogP contribution in [0.5, 0.6) is 0 Å². The van der Waals surface area contributed by atoms with Crippen LogP contribution in [0.3, 0.4) is 0 Å². The molecule has 0 amide bonds. The van der Waals surface area contributed by atoms with Crippen LogP contribution in [-0.2, 0) is 12.1 Å². The summed E-state index contributed by atoms with van der Waals surface area (Å²) in [5.41, 5.74) is 9.25. The van der Waals surface area contributed by atoms with Crippen LogP contribution in [0.25, 0.3) is 0 Å². The second-order valence-electron chi connectivity index (χ2n) is 8.38. The molecule has 0 bridgehead atoms. The third kappa shape index (κ3) is 3.19. The molecule has 3 heterocycles. The normalized spacial score (nSPS) is 31.3. The molecule has 0 saturated carbocycles. The number of aliphatic hydroxyl groups is 1. The highest BCUT2D eigenvalue weighted by molar-refractivity contribution is 7.97. The predicted octanol–water partition coefficient (Wildman–Crippen LogP) is 2.94. The van der Waals surface area contributed by atoms with Crippen LogP contribution in [0.15, 0.2) is 52.4 Å². The van der Waals surface area contributed by atoms with Gasteiger partial charge in [-0.1, -0.05) is 35.9 Å². The van der Waals surface area contributed by atoms with E-state index in [0.29, 0.717) is 13.1 Å². The van der Waals surface area contributed by atoms with Crippen molar-refractivity contribution in [2.75, 3.05) is 25.0 Å². The lowest BCUT2D eigenvalue weighted by Gasteiger charge is -2.47. The van der Waals surface area contributed by atoms with Crippen LogP contribution < -0.4 is 15.8 Å². The highest BCUT2D eigenvalue weighted by atomic mass is 32.2. The zero-order chi connectivity index (χ0) is 20.9. The molecule has 1 fully saturated rings. The summed E-state index contributed by atoms with van der Waals surface area (Å²) in [6, 6.07) is 13.6. The van der Waals surface area contributed by atoms with Gasteiger partial charge in [-0.25, -0.2) is 9.38 Å². The summed E-state index contributed by atoms with van der Waals surface area (Å²) in [5.74, 6) is -0.0315. The van der Waals surface area contributed by atoms with E-state index in [1.807, 2.05) is 36.1 Å². The summed E-state index contributed by atoms with van der Waals surface area (Å²) < 4.78 is 18.1. The highest BCUT2D eigenvalue weighted by Crippen LogP contribution is 2.48. The van der Waals surface area contributed by atoms with Crippen LogP contribution in [0.4, 0.5) is 10.1 Å². The Kier molecular flexibility index (Phi) is 4.97. The Bertz CT molecular complexity index is 991. The number of alkyl halides is 1. The van der Waals surface area contributed by atoms with E-state index in [9.17, 15) is 9.50 Å². The van der Waals surface area contributed by atoms with Crippen molar-refractivity contribution >= 4 is 23.7 Å². The number of aliphatic imine (C=N–C) groups is 1. The molecule has 0 aliphatic carbocycles. The van der Waals surface area contributed by atoms with Gasteiger partial charge in [0.1, 0.15) is 6.17 Å². The third-order valence-electron chi connectivity index (χ3n) is 6.39. The molecule has 4 atom stereocenters. The van der Waals surface area contributed by atoms with Gasteiger partial charge in [0, 0.05) is 47.7 Å². The summed E-state index contributed by atoms with van der Waals surface area (Å²) in [4.78, 5) is 8.01. The number of nitrogens with zero attached hydrogens (tertiary/aromatic N) is 2. The highest BCUT2D eigenvalue weighted by Gasteiger charge is 2.53. The predicted molar refractivity (Wildman–Crippen MR) is 118 cm³/mol. The molecule has 8 heteroatoms. The quantitative estimate of drug-likeness (QED) is 0.552. The molecule has 3 aliphatic heterocycles.